The van der Waals surface area contributed by atoms with Gasteiger partial charge >= 0.3 is 0 Å². The van der Waals surface area contributed by atoms with E-state index in [0.29, 0.717) is 18.5 Å². The minimum atomic E-state index is -0.167. The fourth-order valence-corrected chi connectivity index (χ4v) is 4.29. The second-order valence-corrected chi connectivity index (χ2v) is 6.59. The van der Waals surface area contributed by atoms with Gasteiger partial charge in [-0.3, -0.25) is 4.79 Å². The van der Waals surface area contributed by atoms with Crippen molar-refractivity contribution in [3.05, 3.63) is 0 Å². The molecule has 2 N–H and O–H groups in total. The van der Waals surface area contributed by atoms with Crippen LogP contribution in [0.2, 0.25) is 0 Å². The Morgan fingerprint density at radius 2 is 1.83 bits per heavy atom. The first-order valence-electron chi connectivity index (χ1n) is 7.78. The summed E-state index contributed by atoms with van der Waals surface area (Å²) in [7, 11) is 0. The van der Waals surface area contributed by atoms with Crippen molar-refractivity contribution in [2.75, 3.05) is 13.1 Å². The van der Waals surface area contributed by atoms with Gasteiger partial charge in [0.2, 0.25) is 5.91 Å². The zero-order valence-corrected chi connectivity index (χ0v) is 11.4. The van der Waals surface area contributed by atoms with Crippen molar-refractivity contribution in [2.24, 2.45) is 17.1 Å². The molecule has 0 bridgehead atoms. The molecule has 3 rings (SSSR count). The van der Waals surface area contributed by atoms with E-state index in [1.807, 2.05) is 0 Å². The summed E-state index contributed by atoms with van der Waals surface area (Å²) in [6.07, 6.45) is 11.0. The Morgan fingerprint density at radius 3 is 2.50 bits per heavy atom. The van der Waals surface area contributed by atoms with E-state index >= 15 is 0 Å². The number of fused-ring (bicyclic) bond motifs is 1. The van der Waals surface area contributed by atoms with Crippen LogP contribution in [0.5, 0.6) is 0 Å². The van der Waals surface area contributed by atoms with Crippen molar-refractivity contribution >= 4 is 5.91 Å². The van der Waals surface area contributed by atoms with Gasteiger partial charge in [-0.05, 0) is 44.4 Å². The van der Waals surface area contributed by atoms with Crippen molar-refractivity contribution in [1.29, 1.82) is 0 Å². The third kappa shape index (κ3) is 1.87. The average Bonchev–Trinajstić information content (AvgIpc) is 2.37. The summed E-state index contributed by atoms with van der Waals surface area (Å²) in [5.41, 5.74) is 5.73. The number of carbonyl (C=O) groups is 1. The van der Waals surface area contributed by atoms with E-state index in [1.165, 1.54) is 44.9 Å². The lowest BCUT2D eigenvalue weighted by atomic mass is 9.66. The molecule has 3 fully saturated rings. The van der Waals surface area contributed by atoms with Crippen molar-refractivity contribution in [2.45, 2.75) is 63.8 Å². The molecule has 0 aromatic rings. The monoisotopic (exact) mass is 250 g/mol. The average molecular weight is 250 g/mol. The SMILES string of the molecule is NCC1(C(=O)N2CCC[C@H]3CCCC[C@H]32)CCC1. The van der Waals surface area contributed by atoms with Gasteiger partial charge in [0.05, 0.1) is 5.41 Å². The van der Waals surface area contributed by atoms with Crippen LogP contribution in [0.4, 0.5) is 0 Å². The number of nitrogens with zero attached hydrogens (tertiary/aromatic N) is 1. The van der Waals surface area contributed by atoms with Crippen molar-refractivity contribution in [1.82, 2.24) is 4.90 Å². The van der Waals surface area contributed by atoms with Crippen LogP contribution in [0, 0.1) is 11.3 Å². The van der Waals surface area contributed by atoms with Crippen LogP contribution in [0.1, 0.15) is 57.8 Å². The minimum absolute atomic E-state index is 0.167. The normalized spacial score (nSPS) is 34.6. The van der Waals surface area contributed by atoms with Gasteiger partial charge in [0.25, 0.3) is 0 Å². The summed E-state index contributed by atoms with van der Waals surface area (Å²) in [6.45, 7) is 1.54. The summed E-state index contributed by atoms with van der Waals surface area (Å²) in [6, 6.07) is 0.545. The molecule has 1 aliphatic heterocycles. The van der Waals surface area contributed by atoms with Gasteiger partial charge in [-0.15, -0.1) is 0 Å². The highest BCUT2D eigenvalue weighted by atomic mass is 16.2. The predicted molar refractivity (Wildman–Crippen MR) is 72.0 cm³/mol. The van der Waals surface area contributed by atoms with Crippen LogP contribution in [0.25, 0.3) is 0 Å². The third-order valence-corrected chi connectivity index (χ3v) is 5.66. The summed E-state index contributed by atoms with van der Waals surface area (Å²) in [5.74, 6) is 1.18. The number of rotatable bonds is 2. The number of carbonyl (C=O) groups excluding carboxylic acids is 1. The van der Waals surface area contributed by atoms with E-state index < -0.39 is 0 Å². The Bertz CT molecular complexity index is 317. The van der Waals surface area contributed by atoms with E-state index in [1.54, 1.807) is 0 Å². The lowest BCUT2D eigenvalue weighted by molar-refractivity contribution is -0.153. The number of hydrogen-bond donors (Lipinski definition) is 1. The standard InChI is InChI=1S/C15H26N2O/c16-11-15(8-4-9-15)14(18)17-10-3-6-12-5-1-2-7-13(12)17/h12-13H,1-11,16H2/t12-,13-/m1/s1. The zero-order chi connectivity index (χ0) is 12.6. The molecule has 18 heavy (non-hydrogen) atoms. The molecule has 3 heteroatoms. The van der Waals surface area contributed by atoms with Crippen LogP contribution < -0.4 is 5.73 Å². The Balaban J connectivity index is 1.75. The highest BCUT2D eigenvalue weighted by molar-refractivity contribution is 5.84. The molecule has 0 aromatic heterocycles. The Hall–Kier alpha value is -0.570. The van der Waals surface area contributed by atoms with Crippen molar-refractivity contribution in [3.8, 4) is 0 Å². The highest BCUT2D eigenvalue weighted by Gasteiger charge is 2.48. The lowest BCUT2D eigenvalue weighted by Gasteiger charge is -2.50. The molecular formula is C15H26N2O. The number of hydrogen-bond acceptors (Lipinski definition) is 2. The topological polar surface area (TPSA) is 46.3 Å². The lowest BCUT2D eigenvalue weighted by Crippen LogP contribution is -2.58. The molecule has 2 atom stereocenters. The maximum Gasteiger partial charge on any atom is 0.230 e. The second-order valence-electron chi connectivity index (χ2n) is 6.59. The smallest absolute Gasteiger partial charge is 0.230 e. The van der Waals surface area contributed by atoms with Gasteiger partial charge < -0.3 is 10.6 Å². The van der Waals surface area contributed by atoms with Crippen molar-refractivity contribution in [3.63, 3.8) is 0 Å². The number of likely N-dealkylation sites (tertiary alicyclic amines) is 1. The summed E-state index contributed by atoms with van der Waals surface area (Å²) >= 11 is 0. The zero-order valence-electron chi connectivity index (χ0n) is 11.4. The van der Waals surface area contributed by atoms with Gasteiger partial charge in [0, 0.05) is 19.1 Å². The maximum absolute atomic E-state index is 12.8. The van der Waals surface area contributed by atoms with Gasteiger partial charge in [0.15, 0.2) is 0 Å². The number of nitrogens with two attached hydrogens (primary N) is 1. The molecule has 3 nitrogen and oxygen atoms in total. The molecule has 0 spiro atoms. The van der Waals surface area contributed by atoms with E-state index in [-0.39, 0.29) is 5.41 Å². The van der Waals surface area contributed by atoms with Gasteiger partial charge in [-0.1, -0.05) is 19.3 Å². The minimum Gasteiger partial charge on any atom is -0.339 e. The summed E-state index contributed by atoms with van der Waals surface area (Å²) < 4.78 is 0. The fourth-order valence-electron chi connectivity index (χ4n) is 4.29. The molecule has 1 saturated heterocycles. The van der Waals surface area contributed by atoms with Crippen LogP contribution in [-0.4, -0.2) is 29.9 Å². The Labute approximate surface area is 110 Å². The fraction of sp³-hybridized carbons (Fsp3) is 0.933. The molecule has 0 unspecified atom stereocenters. The Kier molecular flexibility index (Phi) is 3.35. The van der Waals surface area contributed by atoms with Crippen LogP contribution in [0.15, 0.2) is 0 Å². The van der Waals surface area contributed by atoms with Crippen LogP contribution in [-0.2, 0) is 4.79 Å². The summed E-state index contributed by atoms with van der Waals surface area (Å²) in [5, 5.41) is 0. The molecule has 102 valence electrons. The van der Waals surface area contributed by atoms with Crippen LogP contribution in [0.3, 0.4) is 0 Å². The van der Waals surface area contributed by atoms with Gasteiger partial charge in [0.1, 0.15) is 0 Å². The van der Waals surface area contributed by atoms with Crippen LogP contribution >= 0.6 is 0 Å². The molecular weight excluding hydrogens is 224 g/mol. The molecule has 3 aliphatic rings. The van der Waals surface area contributed by atoms with Crippen molar-refractivity contribution < 1.29 is 4.79 Å². The van der Waals surface area contributed by atoms with E-state index in [4.69, 9.17) is 5.73 Å². The first-order valence-corrected chi connectivity index (χ1v) is 7.78. The number of piperidine rings is 1. The Morgan fingerprint density at radius 1 is 1.11 bits per heavy atom. The highest BCUT2D eigenvalue weighted by Crippen LogP contribution is 2.44. The van der Waals surface area contributed by atoms with E-state index in [0.717, 1.165) is 25.3 Å². The second kappa shape index (κ2) is 4.84. The van der Waals surface area contributed by atoms with Gasteiger partial charge in [-0.2, -0.15) is 0 Å². The molecule has 1 heterocycles. The predicted octanol–water partition coefficient (Wildman–Crippen LogP) is 2.30. The first-order chi connectivity index (χ1) is 8.77. The molecule has 2 aliphatic carbocycles. The molecule has 0 radical (unpaired) electrons. The summed E-state index contributed by atoms with van der Waals surface area (Å²) in [4.78, 5) is 15.1. The van der Waals surface area contributed by atoms with E-state index in [2.05, 4.69) is 4.90 Å². The number of amides is 1. The third-order valence-electron chi connectivity index (χ3n) is 5.66. The largest absolute Gasteiger partial charge is 0.339 e. The molecule has 1 amide bonds. The van der Waals surface area contributed by atoms with Gasteiger partial charge in [-0.25, -0.2) is 0 Å². The maximum atomic E-state index is 12.8. The van der Waals surface area contributed by atoms with E-state index in [9.17, 15) is 4.79 Å². The quantitative estimate of drug-likeness (QED) is 0.817. The molecule has 2 saturated carbocycles. The first kappa shape index (κ1) is 12.5. The molecule has 0 aromatic carbocycles.